The Hall–Kier alpha value is -1.90. The molecular formula is C11H9NO2. The summed E-state index contributed by atoms with van der Waals surface area (Å²) in [6, 6.07) is 6.82. The number of pyridine rings is 1. The maximum atomic E-state index is 11.5. The van der Waals surface area contributed by atoms with Gasteiger partial charge < -0.3 is 4.98 Å². The number of aryl methyl sites for hydroxylation is 1. The van der Waals surface area contributed by atoms with E-state index in [9.17, 15) is 9.59 Å². The maximum absolute atomic E-state index is 11.5. The van der Waals surface area contributed by atoms with E-state index in [4.69, 9.17) is 0 Å². The maximum Gasteiger partial charge on any atom is 0.190 e. The van der Waals surface area contributed by atoms with Crippen molar-refractivity contribution in [3.05, 3.63) is 45.7 Å². The molecule has 0 aliphatic rings. The fourth-order valence-electron chi connectivity index (χ4n) is 1.45. The van der Waals surface area contributed by atoms with Crippen LogP contribution < -0.4 is 5.43 Å². The third kappa shape index (κ3) is 1.33. The van der Waals surface area contributed by atoms with E-state index < -0.39 is 0 Å². The van der Waals surface area contributed by atoms with Crippen molar-refractivity contribution in [2.45, 2.75) is 6.92 Å². The van der Waals surface area contributed by atoms with Gasteiger partial charge in [0.1, 0.15) is 0 Å². The summed E-state index contributed by atoms with van der Waals surface area (Å²) >= 11 is 0. The molecule has 0 unspecified atom stereocenters. The van der Waals surface area contributed by atoms with Crippen LogP contribution in [0.2, 0.25) is 0 Å². The number of rotatable bonds is 1. The zero-order valence-electron chi connectivity index (χ0n) is 7.70. The highest BCUT2D eigenvalue weighted by molar-refractivity contribution is 5.83. The summed E-state index contributed by atoms with van der Waals surface area (Å²) in [5.74, 6) is 0. The Labute approximate surface area is 80.4 Å². The van der Waals surface area contributed by atoms with Crippen LogP contribution in [0.5, 0.6) is 0 Å². The van der Waals surface area contributed by atoms with Crippen molar-refractivity contribution >= 4 is 17.2 Å². The van der Waals surface area contributed by atoms with Gasteiger partial charge in [-0.3, -0.25) is 9.59 Å². The summed E-state index contributed by atoms with van der Waals surface area (Å²) in [6.07, 6.45) is 0.640. The number of carbonyl (C=O) groups excluding carboxylic acids is 1. The molecule has 0 aliphatic carbocycles. The minimum absolute atomic E-state index is 0.121. The van der Waals surface area contributed by atoms with Crippen molar-refractivity contribution in [1.29, 1.82) is 0 Å². The molecule has 2 aromatic rings. The lowest BCUT2D eigenvalue weighted by Crippen LogP contribution is -2.04. The molecule has 0 spiro atoms. The van der Waals surface area contributed by atoms with Gasteiger partial charge in [0.15, 0.2) is 11.7 Å². The third-order valence-electron chi connectivity index (χ3n) is 2.13. The van der Waals surface area contributed by atoms with E-state index in [1.54, 1.807) is 6.07 Å². The SMILES string of the molecule is Cc1ccc2[nH]c(C=O)cc(=O)c2c1. The first-order valence-electron chi connectivity index (χ1n) is 4.29. The average molecular weight is 187 g/mol. The molecule has 1 heterocycles. The number of aromatic amines is 1. The van der Waals surface area contributed by atoms with Gasteiger partial charge in [-0.1, -0.05) is 11.6 Å². The predicted molar refractivity (Wildman–Crippen MR) is 54.7 cm³/mol. The number of fused-ring (bicyclic) bond motifs is 1. The Bertz CT molecular complexity index is 555. The molecule has 0 saturated heterocycles. The monoisotopic (exact) mass is 187 g/mol. The van der Waals surface area contributed by atoms with Gasteiger partial charge in [0.05, 0.1) is 5.69 Å². The van der Waals surface area contributed by atoms with Crippen molar-refractivity contribution in [3.63, 3.8) is 0 Å². The van der Waals surface area contributed by atoms with Crippen LogP contribution in [0.25, 0.3) is 10.9 Å². The van der Waals surface area contributed by atoms with Crippen molar-refractivity contribution in [3.8, 4) is 0 Å². The van der Waals surface area contributed by atoms with Gasteiger partial charge in [-0.15, -0.1) is 0 Å². The summed E-state index contributed by atoms with van der Waals surface area (Å²) in [6.45, 7) is 1.92. The van der Waals surface area contributed by atoms with Crippen LogP contribution in [0.15, 0.2) is 29.1 Å². The minimum Gasteiger partial charge on any atom is -0.352 e. The highest BCUT2D eigenvalue weighted by Crippen LogP contribution is 2.09. The lowest BCUT2D eigenvalue weighted by molar-refractivity contribution is 0.111. The van der Waals surface area contributed by atoms with Gasteiger partial charge in [-0.2, -0.15) is 0 Å². The first-order chi connectivity index (χ1) is 6.70. The molecule has 1 N–H and O–H groups in total. The number of nitrogens with one attached hydrogen (secondary N) is 1. The number of H-pyrrole nitrogens is 1. The van der Waals surface area contributed by atoms with Crippen LogP contribution in [-0.4, -0.2) is 11.3 Å². The fraction of sp³-hybridized carbons (Fsp3) is 0.0909. The van der Waals surface area contributed by atoms with Crippen molar-refractivity contribution in [1.82, 2.24) is 4.98 Å². The van der Waals surface area contributed by atoms with Gasteiger partial charge in [-0.25, -0.2) is 0 Å². The molecule has 0 atom stereocenters. The second-order valence-corrected chi connectivity index (χ2v) is 3.26. The number of benzene rings is 1. The lowest BCUT2D eigenvalue weighted by atomic mass is 10.1. The molecule has 0 bridgehead atoms. The van der Waals surface area contributed by atoms with Gasteiger partial charge in [0.2, 0.25) is 0 Å². The number of aromatic nitrogens is 1. The fourth-order valence-corrected chi connectivity index (χ4v) is 1.45. The second kappa shape index (κ2) is 3.10. The van der Waals surface area contributed by atoms with E-state index >= 15 is 0 Å². The Morgan fingerprint density at radius 2 is 2.07 bits per heavy atom. The van der Waals surface area contributed by atoms with Crippen molar-refractivity contribution in [2.24, 2.45) is 0 Å². The lowest BCUT2D eigenvalue weighted by Gasteiger charge is -1.99. The van der Waals surface area contributed by atoms with Gasteiger partial charge in [-0.05, 0) is 19.1 Å². The molecule has 3 heteroatoms. The van der Waals surface area contributed by atoms with Crippen molar-refractivity contribution < 1.29 is 4.79 Å². The number of aldehydes is 1. The Kier molecular flexibility index (Phi) is 1.93. The normalized spacial score (nSPS) is 10.4. The summed E-state index contributed by atoms with van der Waals surface area (Å²) in [5, 5.41) is 0.621. The molecule has 1 aromatic heterocycles. The van der Waals surface area contributed by atoms with E-state index in [1.165, 1.54) is 6.07 Å². The Morgan fingerprint density at radius 3 is 2.79 bits per heavy atom. The number of hydrogen-bond acceptors (Lipinski definition) is 2. The van der Waals surface area contributed by atoms with Gasteiger partial charge in [0, 0.05) is 17.0 Å². The third-order valence-corrected chi connectivity index (χ3v) is 2.13. The number of carbonyl (C=O) groups is 1. The Balaban J connectivity index is 2.90. The molecule has 0 amide bonds. The molecule has 70 valence electrons. The number of hydrogen-bond donors (Lipinski definition) is 1. The molecular weight excluding hydrogens is 178 g/mol. The molecule has 0 aliphatic heterocycles. The Morgan fingerprint density at radius 1 is 1.29 bits per heavy atom. The predicted octanol–water partition coefficient (Wildman–Crippen LogP) is 1.65. The topological polar surface area (TPSA) is 49.9 Å². The highest BCUT2D eigenvalue weighted by atomic mass is 16.1. The molecule has 0 radical (unpaired) electrons. The zero-order valence-corrected chi connectivity index (χ0v) is 7.70. The largest absolute Gasteiger partial charge is 0.352 e. The second-order valence-electron chi connectivity index (χ2n) is 3.26. The highest BCUT2D eigenvalue weighted by Gasteiger charge is 2.00. The quantitative estimate of drug-likeness (QED) is 0.690. The zero-order chi connectivity index (χ0) is 10.1. The molecule has 0 saturated carbocycles. The summed E-state index contributed by atoms with van der Waals surface area (Å²) in [7, 11) is 0. The van der Waals surface area contributed by atoms with E-state index in [1.807, 2.05) is 19.1 Å². The van der Waals surface area contributed by atoms with Crippen LogP contribution in [0.3, 0.4) is 0 Å². The summed E-state index contributed by atoms with van der Waals surface area (Å²) in [4.78, 5) is 24.9. The average Bonchev–Trinajstić information content (AvgIpc) is 2.19. The van der Waals surface area contributed by atoms with Crippen LogP contribution in [0.1, 0.15) is 16.1 Å². The molecule has 14 heavy (non-hydrogen) atoms. The smallest absolute Gasteiger partial charge is 0.190 e. The van der Waals surface area contributed by atoms with Crippen LogP contribution >= 0.6 is 0 Å². The van der Waals surface area contributed by atoms with Gasteiger partial charge in [0.25, 0.3) is 0 Å². The van der Waals surface area contributed by atoms with E-state index in [0.717, 1.165) is 5.56 Å². The van der Waals surface area contributed by atoms with Crippen molar-refractivity contribution in [2.75, 3.05) is 0 Å². The summed E-state index contributed by atoms with van der Waals surface area (Å²) in [5.41, 5.74) is 1.92. The summed E-state index contributed by atoms with van der Waals surface area (Å²) < 4.78 is 0. The first kappa shape index (κ1) is 8.69. The minimum atomic E-state index is -0.121. The van der Waals surface area contributed by atoms with E-state index in [2.05, 4.69) is 4.98 Å². The standard InChI is InChI=1S/C11H9NO2/c1-7-2-3-10-9(4-7)11(14)5-8(6-13)12-10/h2-6H,1H3,(H,12,14). The molecule has 1 aromatic carbocycles. The first-order valence-corrected chi connectivity index (χ1v) is 4.29. The molecule has 3 nitrogen and oxygen atoms in total. The van der Waals surface area contributed by atoms with Gasteiger partial charge >= 0.3 is 0 Å². The molecule has 2 rings (SSSR count). The molecule has 0 fully saturated rings. The van der Waals surface area contributed by atoms with Crippen LogP contribution in [-0.2, 0) is 0 Å². The van der Waals surface area contributed by atoms with Crippen LogP contribution in [0, 0.1) is 6.92 Å². The van der Waals surface area contributed by atoms with E-state index in [-0.39, 0.29) is 5.43 Å². The van der Waals surface area contributed by atoms with Crippen LogP contribution in [0.4, 0.5) is 0 Å². The van der Waals surface area contributed by atoms with E-state index in [0.29, 0.717) is 22.9 Å².